The summed E-state index contributed by atoms with van der Waals surface area (Å²) in [6.07, 6.45) is 1.48. The smallest absolute Gasteiger partial charge is 0.300 e. The molecule has 0 saturated carbocycles. The molecule has 0 aliphatic carbocycles. The van der Waals surface area contributed by atoms with Crippen LogP contribution >= 0.6 is 0 Å². The van der Waals surface area contributed by atoms with Crippen LogP contribution in [0.1, 0.15) is 49.3 Å². The lowest BCUT2D eigenvalue weighted by molar-refractivity contribution is -0.132. The van der Waals surface area contributed by atoms with Crippen LogP contribution in [0.2, 0.25) is 0 Å². The van der Waals surface area contributed by atoms with Crippen LogP contribution in [0.5, 0.6) is 11.5 Å². The molecule has 1 saturated heterocycles. The summed E-state index contributed by atoms with van der Waals surface area (Å²) in [7, 11) is 0. The van der Waals surface area contributed by atoms with Crippen molar-refractivity contribution in [2.45, 2.75) is 39.2 Å². The fourth-order valence-corrected chi connectivity index (χ4v) is 4.49. The van der Waals surface area contributed by atoms with E-state index in [-0.39, 0.29) is 16.7 Å². The van der Waals surface area contributed by atoms with Gasteiger partial charge in [0.1, 0.15) is 30.8 Å². The molecule has 1 aromatic heterocycles. The average molecular weight is 474 g/mol. The predicted octanol–water partition coefficient (Wildman–Crippen LogP) is 5.28. The third-order valence-electron chi connectivity index (χ3n) is 6.42. The fraction of sp³-hybridized carbons (Fsp3) is 0.286. The molecule has 2 aromatic carbocycles. The molecule has 1 atom stereocenters. The summed E-state index contributed by atoms with van der Waals surface area (Å²) in [5.41, 5.74) is 2.56. The number of aliphatic hydroxyl groups is 1. The molecule has 5 rings (SSSR count). The molecule has 1 amide bonds. The topological polar surface area (TPSA) is 89.2 Å². The first-order chi connectivity index (χ1) is 16.7. The summed E-state index contributed by atoms with van der Waals surface area (Å²) in [6.45, 7) is 8.91. The van der Waals surface area contributed by atoms with E-state index in [1.807, 2.05) is 25.1 Å². The number of hydrogen-bond donors (Lipinski definition) is 1. The zero-order valence-electron chi connectivity index (χ0n) is 20.1. The highest BCUT2D eigenvalue weighted by Crippen LogP contribution is 2.45. The maximum atomic E-state index is 13.4. The van der Waals surface area contributed by atoms with Gasteiger partial charge in [0.05, 0.1) is 11.8 Å². The number of nitrogens with zero attached hydrogens (tertiary/aromatic N) is 1. The molecule has 7 heteroatoms. The molecule has 2 aliphatic rings. The Hall–Kier alpha value is -4.00. The molecule has 0 radical (unpaired) electrons. The second kappa shape index (κ2) is 8.34. The summed E-state index contributed by atoms with van der Waals surface area (Å²) in [4.78, 5) is 28.1. The van der Waals surface area contributed by atoms with Gasteiger partial charge >= 0.3 is 0 Å². The molecular weight excluding hydrogens is 446 g/mol. The van der Waals surface area contributed by atoms with Crippen LogP contribution in [-0.4, -0.2) is 30.0 Å². The zero-order chi connectivity index (χ0) is 24.9. The average Bonchev–Trinajstić information content (AvgIpc) is 3.45. The van der Waals surface area contributed by atoms with Crippen molar-refractivity contribution in [3.05, 3.63) is 82.8 Å². The Balaban J connectivity index is 1.69. The summed E-state index contributed by atoms with van der Waals surface area (Å²) in [5, 5.41) is 11.5. The van der Waals surface area contributed by atoms with Crippen LogP contribution in [0, 0.1) is 6.92 Å². The number of hydrogen-bond acceptors (Lipinski definition) is 6. The van der Waals surface area contributed by atoms with E-state index in [0.717, 1.165) is 11.1 Å². The molecule has 1 fully saturated rings. The highest BCUT2D eigenvalue weighted by atomic mass is 16.6. The van der Waals surface area contributed by atoms with Crippen LogP contribution in [0.4, 0.5) is 5.69 Å². The number of anilines is 1. The number of ketones is 1. The minimum absolute atomic E-state index is 0.0194. The Kier molecular flexibility index (Phi) is 5.43. The maximum Gasteiger partial charge on any atom is 0.300 e. The van der Waals surface area contributed by atoms with E-state index in [1.165, 1.54) is 11.2 Å². The summed E-state index contributed by atoms with van der Waals surface area (Å²) < 4.78 is 16.9. The zero-order valence-corrected chi connectivity index (χ0v) is 20.1. The molecule has 7 nitrogen and oxygen atoms in total. The van der Waals surface area contributed by atoms with Crippen LogP contribution in [0.25, 0.3) is 5.76 Å². The van der Waals surface area contributed by atoms with E-state index in [2.05, 4.69) is 20.8 Å². The van der Waals surface area contributed by atoms with Crippen molar-refractivity contribution in [1.29, 1.82) is 0 Å². The first kappa shape index (κ1) is 22.8. The number of amides is 1. The fourth-order valence-electron chi connectivity index (χ4n) is 4.49. The number of carbonyl (C=O) groups is 2. The Bertz CT molecular complexity index is 1350. The molecule has 1 N–H and O–H groups in total. The number of carbonyl (C=O) groups excluding carboxylic acids is 2. The van der Waals surface area contributed by atoms with Crippen LogP contribution in [-0.2, 0) is 15.0 Å². The minimum Gasteiger partial charge on any atom is -0.507 e. The van der Waals surface area contributed by atoms with E-state index < -0.39 is 17.7 Å². The first-order valence-corrected chi connectivity index (χ1v) is 11.5. The Morgan fingerprint density at radius 2 is 1.74 bits per heavy atom. The van der Waals surface area contributed by atoms with Crippen LogP contribution in [0.15, 0.2) is 64.8 Å². The quantitative estimate of drug-likeness (QED) is 0.316. The van der Waals surface area contributed by atoms with Gasteiger partial charge < -0.3 is 19.0 Å². The summed E-state index contributed by atoms with van der Waals surface area (Å²) >= 11 is 0. The van der Waals surface area contributed by atoms with Crippen molar-refractivity contribution < 1.29 is 28.6 Å². The Labute approximate surface area is 203 Å². The summed E-state index contributed by atoms with van der Waals surface area (Å²) in [5.74, 6) is -0.337. The highest BCUT2D eigenvalue weighted by Gasteiger charge is 2.48. The predicted molar refractivity (Wildman–Crippen MR) is 131 cm³/mol. The molecule has 2 aliphatic heterocycles. The number of rotatable bonds is 3. The molecule has 0 bridgehead atoms. The number of furan rings is 1. The third-order valence-corrected chi connectivity index (χ3v) is 6.42. The standard InChI is InChI=1S/C28H27NO6/c1-16-7-8-17(28(2,3)4)14-19(16)25(30)23-24(21-6-5-11-33-21)29(27(32)26(23)31)18-9-10-20-22(15-18)35-13-12-34-20/h5-11,14-15,24,30H,12-13H2,1-4H3/b25-23+. The second-order valence-electron chi connectivity index (χ2n) is 9.79. The lowest BCUT2D eigenvalue weighted by Crippen LogP contribution is -2.29. The van der Waals surface area contributed by atoms with E-state index in [0.29, 0.717) is 41.7 Å². The van der Waals surface area contributed by atoms with E-state index >= 15 is 0 Å². The summed E-state index contributed by atoms with van der Waals surface area (Å²) in [6, 6.07) is 13.3. The lowest BCUT2D eigenvalue weighted by Gasteiger charge is -2.26. The lowest BCUT2D eigenvalue weighted by atomic mass is 9.84. The van der Waals surface area contributed by atoms with Crippen LogP contribution in [0.3, 0.4) is 0 Å². The first-order valence-electron chi connectivity index (χ1n) is 11.5. The van der Waals surface area contributed by atoms with Crippen molar-refractivity contribution in [2.24, 2.45) is 0 Å². The van der Waals surface area contributed by atoms with Crippen molar-refractivity contribution in [3.63, 3.8) is 0 Å². The van der Waals surface area contributed by atoms with Crippen molar-refractivity contribution in [2.75, 3.05) is 18.1 Å². The molecule has 35 heavy (non-hydrogen) atoms. The van der Waals surface area contributed by atoms with Gasteiger partial charge in [0.15, 0.2) is 11.5 Å². The largest absolute Gasteiger partial charge is 0.507 e. The van der Waals surface area contributed by atoms with E-state index in [9.17, 15) is 14.7 Å². The molecular formula is C28H27NO6. The molecule has 0 spiro atoms. The van der Waals surface area contributed by atoms with Gasteiger partial charge in [0, 0.05) is 17.3 Å². The highest BCUT2D eigenvalue weighted by molar-refractivity contribution is 6.51. The van der Waals surface area contributed by atoms with Crippen molar-refractivity contribution in [3.8, 4) is 11.5 Å². The maximum absolute atomic E-state index is 13.4. The van der Waals surface area contributed by atoms with Gasteiger partial charge in [-0.05, 0) is 53.8 Å². The molecule has 3 aromatic rings. The van der Waals surface area contributed by atoms with Gasteiger partial charge in [-0.3, -0.25) is 14.5 Å². The van der Waals surface area contributed by atoms with Gasteiger partial charge in [0.2, 0.25) is 0 Å². The van der Waals surface area contributed by atoms with Crippen molar-refractivity contribution >= 4 is 23.1 Å². The van der Waals surface area contributed by atoms with E-state index in [1.54, 1.807) is 30.3 Å². The molecule has 1 unspecified atom stereocenters. The van der Waals surface area contributed by atoms with Crippen molar-refractivity contribution in [1.82, 2.24) is 0 Å². The minimum atomic E-state index is -0.940. The monoisotopic (exact) mass is 473 g/mol. The Morgan fingerprint density at radius 1 is 1.00 bits per heavy atom. The molecule has 180 valence electrons. The number of benzene rings is 2. The SMILES string of the molecule is Cc1ccc(C(C)(C)C)cc1/C(O)=C1\C(=O)C(=O)N(c2ccc3c(c2)OCCO3)C1c1ccco1. The number of aryl methyl sites for hydroxylation is 1. The van der Waals surface area contributed by atoms with Gasteiger partial charge in [-0.15, -0.1) is 0 Å². The van der Waals surface area contributed by atoms with Gasteiger partial charge in [-0.25, -0.2) is 0 Å². The number of fused-ring (bicyclic) bond motifs is 1. The second-order valence-corrected chi connectivity index (χ2v) is 9.79. The number of aliphatic hydroxyl groups excluding tert-OH is 1. The van der Waals surface area contributed by atoms with Gasteiger partial charge in [0.25, 0.3) is 11.7 Å². The van der Waals surface area contributed by atoms with Gasteiger partial charge in [-0.2, -0.15) is 0 Å². The number of Topliss-reactive ketones (excluding diaryl/α,β-unsaturated/α-hetero) is 1. The third kappa shape index (κ3) is 3.87. The van der Waals surface area contributed by atoms with Crippen LogP contribution < -0.4 is 14.4 Å². The molecule has 3 heterocycles. The number of ether oxygens (including phenoxy) is 2. The van der Waals surface area contributed by atoms with E-state index in [4.69, 9.17) is 13.9 Å². The van der Waals surface area contributed by atoms with Gasteiger partial charge in [-0.1, -0.05) is 32.9 Å². The normalized spacial score (nSPS) is 19.3. The Morgan fingerprint density at radius 3 is 2.43 bits per heavy atom.